The molecular formula is C22H23N3O3. The van der Waals surface area contributed by atoms with Gasteiger partial charge in [0.15, 0.2) is 0 Å². The molecule has 4 rings (SSSR count). The van der Waals surface area contributed by atoms with Crippen LogP contribution in [0.15, 0.2) is 77.1 Å². The molecule has 2 aromatic rings. The fourth-order valence-electron chi connectivity index (χ4n) is 4.02. The molecule has 0 spiro atoms. The SMILES string of the molecule is CC1(C)CC(=NNc2ccccc2)C2=C(C1)OC([N+](=O)[O-])C2c1ccccc1. The van der Waals surface area contributed by atoms with Gasteiger partial charge in [-0.05, 0) is 29.5 Å². The van der Waals surface area contributed by atoms with Crippen molar-refractivity contribution in [2.24, 2.45) is 10.5 Å². The number of anilines is 1. The van der Waals surface area contributed by atoms with Gasteiger partial charge < -0.3 is 4.74 Å². The molecule has 0 saturated heterocycles. The monoisotopic (exact) mass is 377 g/mol. The van der Waals surface area contributed by atoms with Crippen LogP contribution in [0.3, 0.4) is 0 Å². The summed E-state index contributed by atoms with van der Waals surface area (Å²) in [5.41, 5.74) is 6.47. The number of hydrogen-bond acceptors (Lipinski definition) is 5. The minimum Gasteiger partial charge on any atom is -0.433 e. The molecule has 2 aromatic carbocycles. The molecule has 1 aliphatic heterocycles. The van der Waals surface area contributed by atoms with Crippen LogP contribution in [0.5, 0.6) is 0 Å². The third-order valence-electron chi connectivity index (χ3n) is 5.22. The highest BCUT2D eigenvalue weighted by molar-refractivity contribution is 6.04. The van der Waals surface area contributed by atoms with Gasteiger partial charge >= 0.3 is 6.23 Å². The van der Waals surface area contributed by atoms with E-state index in [0.717, 1.165) is 29.0 Å². The van der Waals surface area contributed by atoms with Crippen molar-refractivity contribution in [2.75, 3.05) is 5.43 Å². The summed E-state index contributed by atoms with van der Waals surface area (Å²) in [6, 6.07) is 19.2. The Morgan fingerprint density at radius 2 is 1.71 bits per heavy atom. The molecule has 28 heavy (non-hydrogen) atoms. The summed E-state index contributed by atoms with van der Waals surface area (Å²) in [5, 5.41) is 16.4. The number of rotatable bonds is 4. The number of nitro groups is 1. The molecule has 0 fully saturated rings. The molecule has 6 nitrogen and oxygen atoms in total. The standard InChI is InChI=1S/C22H23N3O3/c1-22(2)13-17(24-23-16-11-7-4-8-12-16)20-18(14-22)28-21(25(26)27)19(20)15-9-5-3-6-10-15/h3-12,19,21,23H,13-14H2,1-2H3. The summed E-state index contributed by atoms with van der Waals surface area (Å²) in [6.07, 6.45) is 0.270. The number of benzene rings is 2. The highest BCUT2D eigenvalue weighted by Crippen LogP contribution is 2.49. The van der Waals surface area contributed by atoms with E-state index in [1.165, 1.54) is 0 Å². The van der Waals surface area contributed by atoms with E-state index in [1.54, 1.807) is 0 Å². The van der Waals surface area contributed by atoms with Crippen LogP contribution in [0.1, 0.15) is 38.2 Å². The van der Waals surface area contributed by atoms with E-state index in [-0.39, 0.29) is 10.3 Å². The fraction of sp³-hybridized carbons (Fsp3) is 0.318. The lowest BCUT2D eigenvalue weighted by atomic mass is 9.73. The van der Waals surface area contributed by atoms with Crippen molar-refractivity contribution in [3.63, 3.8) is 0 Å². The molecule has 1 N–H and O–H groups in total. The van der Waals surface area contributed by atoms with Gasteiger partial charge in [-0.1, -0.05) is 62.4 Å². The van der Waals surface area contributed by atoms with E-state index in [0.29, 0.717) is 12.2 Å². The van der Waals surface area contributed by atoms with Gasteiger partial charge in [0, 0.05) is 12.0 Å². The topological polar surface area (TPSA) is 76.8 Å². The molecule has 0 bridgehead atoms. The molecule has 2 atom stereocenters. The first-order valence-electron chi connectivity index (χ1n) is 9.41. The van der Waals surface area contributed by atoms with Crippen molar-refractivity contribution >= 4 is 11.4 Å². The number of hydrogen-bond donors (Lipinski definition) is 1. The maximum atomic E-state index is 11.8. The summed E-state index contributed by atoms with van der Waals surface area (Å²) in [4.78, 5) is 11.4. The highest BCUT2D eigenvalue weighted by Gasteiger charge is 2.50. The Morgan fingerprint density at radius 1 is 1.07 bits per heavy atom. The van der Waals surface area contributed by atoms with Crippen molar-refractivity contribution < 1.29 is 9.66 Å². The molecule has 0 radical (unpaired) electrons. The molecule has 1 heterocycles. The number of hydrazone groups is 1. The lowest BCUT2D eigenvalue weighted by molar-refractivity contribution is -0.570. The molecule has 2 unspecified atom stereocenters. The second-order valence-electron chi connectivity index (χ2n) is 8.07. The number of para-hydroxylation sites is 1. The second kappa shape index (κ2) is 7.11. The van der Waals surface area contributed by atoms with Crippen LogP contribution in [0.2, 0.25) is 0 Å². The Balaban J connectivity index is 1.77. The van der Waals surface area contributed by atoms with Gasteiger partial charge in [0.05, 0.1) is 16.3 Å². The number of allylic oxidation sites excluding steroid dienone is 1. The third kappa shape index (κ3) is 3.50. The highest BCUT2D eigenvalue weighted by atomic mass is 16.7. The zero-order valence-electron chi connectivity index (χ0n) is 16.0. The maximum Gasteiger partial charge on any atom is 0.364 e. The number of ether oxygens (including phenoxy) is 1. The third-order valence-corrected chi connectivity index (χ3v) is 5.22. The Labute approximate surface area is 164 Å². The van der Waals surface area contributed by atoms with Crippen LogP contribution in [0.4, 0.5) is 5.69 Å². The van der Waals surface area contributed by atoms with Gasteiger partial charge in [0.2, 0.25) is 0 Å². The summed E-state index contributed by atoms with van der Waals surface area (Å²) < 4.78 is 5.88. The first kappa shape index (κ1) is 18.2. The van der Waals surface area contributed by atoms with Crippen LogP contribution < -0.4 is 5.43 Å². The van der Waals surface area contributed by atoms with Crippen molar-refractivity contribution in [1.29, 1.82) is 0 Å². The lowest BCUT2D eigenvalue weighted by Crippen LogP contribution is -2.29. The van der Waals surface area contributed by atoms with Gasteiger partial charge in [-0.15, -0.1) is 0 Å². The average molecular weight is 377 g/mol. The fourth-order valence-corrected chi connectivity index (χ4v) is 4.02. The summed E-state index contributed by atoms with van der Waals surface area (Å²) >= 11 is 0. The Morgan fingerprint density at radius 3 is 2.36 bits per heavy atom. The van der Waals surface area contributed by atoms with Gasteiger partial charge in [-0.2, -0.15) is 5.10 Å². The van der Waals surface area contributed by atoms with E-state index >= 15 is 0 Å². The van der Waals surface area contributed by atoms with Gasteiger partial charge in [-0.25, -0.2) is 0 Å². The molecule has 1 aliphatic carbocycles. The van der Waals surface area contributed by atoms with Gasteiger partial charge in [0.1, 0.15) is 11.7 Å². The van der Waals surface area contributed by atoms with Crippen molar-refractivity contribution in [1.82, 2.24) is 0 Å². The summed E-state index contributed by atoms with van der Waals surface area (Å²) in [7, 11) is 0. The Hall–Kier alpha value is -3.15. The van der Waals surface area contributed by atoms with Crippen molar-refractivity contribution in [3.05, 3.63) is 87.7 Å². The minimum atomic E-state index is -1.12. The van der Waals surface area contributed by atoms with Gasteiger partial charge in [0.25, 0.3) is 0 Å². The quantitative estimate of drug-likeness (QED) is 0.604. The molecule has 0 saturated carbocycles. The largest absolute Gasteiger partial charge is 0.433 e. The van der Waals surface area contributed by atoms with Crippen LogP contribution in [0, 0.1) is 15.5 Å². The number of nitrogens with one attached hydrogen (secondary N) is 1. The molecular weight excluding hydrogens is 354 g/mol. The molecule has 0 amide bonds. The first-order chi connectivity index (χ1) is 13.4. The van der Waals surface area contributed by atoms with Crippen LogP contribution in [0.25, 0.3) is 0 Å². The lowest BCUT2D eigenvalue weighted by Gasteiger charge is -2.31. The molecule has 0 aromatic heterocycles. The summed E-state index contributed by atoms with van der Waals surface area (Å²) in [6.45, 7) is 4.27. The first-order valence-corrected chi connectivity index (χ1v) is 9.41. The predicted octanol–water partition coefficient (Wildman–Crippen LogP) is 4.95. The normalized spacial score (nSPS) is 24.6. The maximum absolute atomic E-state index is 11.8. The minimum absolute atomic E-state index is 0.0806. The van der Waals surface area contributed by atoms with E-state index in [1.807, 2.05) is 60.7 Å². The Kier molecular flexibility index (Phi) is 4.63. The van der Waals surface area contributed by atoms with Crippen molar-refractivity contribution in [3.8, 4) is 0 Å². The Bertz CT molecular complexity index is 936. The summed E-state index contributed by atoms with van der Waals surface area (Å²) in [5.74, 6) is 0.235. The molecule has 6 heteroatoms. The van der Waals surface area contributed by atoms with Crippen LogP contribution in [-0.2, 0) is 4.74 Å². The van der Waals surface area contributed by atoms with Gasteiger partial charge in [-0.3, -0.25) is 15.5 Å². The van der Waals surface area contributed by atoms with E-state index in [9.17, 15) is 10.1 Å². The van der Waals surface area contributed by atoms with E-state index in [4.69, 9.17) is 4.74 Å². The zero-order valence-corrected chi connectivity index (χ0v) is 16.0. The molecule has 144 valence electrons. The smallest absolute Gasteiger partial charge is 0.364 e. The predicted molar refractivity (Wildman–Crippen MR) is 109 cm³/mol. The second-order valence-corrected chi connectivity index (χ2v) is 8.07. The van der Waals surface area contributed by atoms with Crippen LogP contribution in [-0.4, -0.2) is 16.9 Å². The van der Waals surface area contributed by atoms with E-state index in [2.05, 4.69) is 24.4 Å². The number of nitrogens with zero attached hydrogens (tertiary/aromatic N) is 2. The van der Waals surface area contributed by atoms with Crippen LogP contribution >= 0.6 is 0 Å². The van der Waals surface area contributed by atoms with E-state index < -0.39 is 12.1 Å². The zero-order chi connectivity index (χ0) is 19.7. The van der Waals surface area contributed by atoms with Crippen molar-refractivity contribution in [2.45, 2.75) is 38.8 Å². The average Bonchev–Trinajstić information content (AvgIpc) is 3.06. The molecule has 2 aliphatic rings.